The van der Waals surface area contributed by atoms with E-state index >= 15 is 0 Å². The molecule has 1 fully saturated rings. The van der Waals surface area contributed by atoms with Gasteiger partial charge in [0, 0.05) is 11.6 Å². The molecule has 1 aliphatic rings. The summed E-state index contributed by atoms with van der Waals surface area (Å²) in [5, 5.41) is 6.62. The summed E-state index contributed by atoms with van der Waals surface area (Å²) < 4.78 is 5.20. The molecule has 1 atom stereocenters. The highest BCUT2D eigenvalue weighted by Gasteiger charge is 2.19. The van der Waals surface area contributed by atoms with Gasteiger partial charge in [-0.1, -0.05) is 23.2 Å². The van der Waals surface area contributed by atoms with E-state index in [0.29, 0.717) is 22.3 Å². The molecule has 1 aromatic rings. The minimum atomic E-state index is -0.511. The van der Waals surface area contributed by atoms with Gasteiger partial charge < -0.3 is 10.1 Å². The first-order valence-electron chi connectivity index (χ1n) is 5.28. The van der Waals surface area contributed by atoms with Crippen LogP contribution in [0.1, 0.15) is 6.42 Å². The van der Waals surface area contributed by atoms with E-state index < -0.39 is 6.09 Å². The molecule has 0 aliphatic carbocycles. The number of amides is 1. The summed E-state index contributed by atoms with van der Waals surface area (Å²) in [5.74, 6) is 0. The lowest BCUT2D eigenvalue weighted by Crippen LogP contribution is -2.24. The molecule has 0 aromatic heterocycles. The molecule has 6 heteroatoms. The molecule has 2 N–H and O–H groups in total. The summed E-state index contributed by atoms with van der Waals surface area (Å²) >= 11 is 11.7. The van der Waals surface area contributed by atoms with Gasteiger partial charge in [-0.2, -0.15) is 0 Å². The molecule has 92 valence electrons. The highest BCUT2D eigenvalue weighted by atomic mass is 35.5. The van der Waals surface area contributed by atoms with Crippen molar-refractivity contribution in [1.82, 2.24) is 5.32 Å². The molecule has 1 heterocycles. The molecular weight excluding hydrogens is 263 g/mol. The predicted octanol–water partition coefficient (Wildman–Crippen LogP) is 2.90. The highest BCUT2D eigenvalue weighted by molar-refractivity contribution is 6.35. The normalized spacial score (nSPS) is 19.1. The van der Waals surface area contributed by atoms with E-state index in [2.05, 4.69) is 10.6 Å². The molecule has 1 aliphatic heterocycles. The van der Waals surface area contributed by atoms with Crippen LogP contribution < -0.4 is 10.6 Å². The van der Waals surface area contributed by atoms with Crippen molar-refractivity contribution < 1.29 is 9.53 Å². The molecule has 17 heavy (non-hydrogen) atoms. The van der Waals surface area contributed by atoms with E-state index in [0.717, 1.165) is 13.0 Å². The van der Waals surface area contributed by atoms with Crippen LogP contribution in [0.5, 0.6) is 0 Å². The van der Waals surface area contributed by atoms with Gasteiger partial charge in [0.2, 0.25) is 0 Å². The van der Waals surface area contributed by atoms with Gasteiger partial charge in [-0.25, -0.2) is 4.79 Å². The summed E-state index contributed by atoms with van der Waals surface area (Å²) in [7, 11) is 0. The lowest BCUT2D eigenvalue weighted by Gasteiger charge is -2.12. The predicted molar refractivity (Wildman–Crippen MR) is 67.8 cm³/mol. The van der Waals surface area contributed by atoms with E-state index in [1.54, 1.807) is 18.2 Å². The number of carbonyl (C=O) groups is 1. The third-order valence-corrected chi connectivity index (χ3v) is 3.02. The Bertz CT molecular complexity index is 420. The molecule has 1 saturated heterocycles. The standard InChI is InChI=1S/C11H12Cl2N2O2/c12-7-1-2-9(13)10(5-7)15-11(16)17-8-3-4-14-6-8/h1-2,5,8,14H,3-4,6H2,(H,15,16). The Morgan fingerprint density at radius 3 is 3.00 bits per heavy atom. The Hall–Kier alpha value is -0.970. The average molecular weight is 275 g/mol. The maximum absolute atomic E-state index is 11.6. The van der Waals surface area contributed by atoms with Crippen LogP contribution in [-0.4, -0.2) is 25.3 Å². The Labute approximate surface area is 109 Å². The molecule has 0 spiro atoms. The van der Waals surface area contributed by atoms with Crippen molar-refractivity contribution in [1.29, 1.82) is 0 Å². The van der Waals surface area contributed by atoms with Crippen LogP contribution >= 0.6 is 23.2 Å². The SMILES string of the molecule is O=C(Nc1cc(Cl)ccc1Cl)OC1CCNC1. The molecular formula is C11H12Cl2N2O2. The van der Waals surface area contributed by atoms with Gasteiger partial charge in [-0.3, -0.25) is 5.32 Å². The zero-order chi connectivity index (χ0) is 12.3. The second-order valence-electron chi connectivity index (χ2n) is 3.77. The molecule has 1 amide bonds. The van der Waals surface area contributed by atoms with Gasteiger partial charge in [0.1, 0.15) is 6.10 Å². The zero-order valence-electron chi connectivity index (χ0n) is 9.00. The molecule has 4 nitrogen and oxygen atoms in total. The number of nitrogens with one attached hydrogen (secondary N) is 2. The van der Waals surface area contributed by atoms with Gasteiger partial charge in [-0.15, -0.1) is 0 Å². The van der Waals surface area contributed by atoms with Crippen LogP contribution in [0.4, 0.5) is 10.5 Å². The van der Waals surface area contributed by atoms with Crippen molar-refractivity contribution >= 4 is 35.0 Å². The Morgan fingerprint density at radius 2 is 2.29 bits per heavy atom. The number of carbonyl (C=O) groups excluding carboxylic acids is 1. The van der Waals surface area contributed by atoms with Crippen molar-refractivity contribution in [3.05, 3.63) is 28.2 Å². The van der Waals surface area contributed by atoms with Crippen LogP contribution in [0.25, 0.3) is 0 Å². The number of halogens is 2. The van der Waals surface area contributed by atoms with E-state index in [-0.39, 0.29) is 6.10 Å². The summed E-state index contributed by atoms with van der Waals surface area (Å²) in [6, 6.07) is 4.86. The maximum Gasteiger partial charge on any atom is 0.411 e. The summed E-state index contributed by atoms with van der Waals surface area (Å²) in [6.07, 6.45) is 0.243. The van der Waals surface area contributed by atoms with Gasteiger partial charge in [0.25, 0.3) is 0 Å². The molecule has 1 unspecified atom stereocenters. The number of hydrogen-bond acceptors (Lipinski definition) is 3. The Balaban J connectivity index is 1.95. The van der Waals surface area contributed by atoms with Gasteiger partial charge in [-0.05, 0) is 31.2 Å². The summed E-state index contributed by atoms with van der Waals surface area (Å²) in [6.45, 7) is 1.56. The largest absolute Gasteiger partial charge is 0.445 e. The van der Waals surface area contributed by atoms with Crippen LogP contribution in [0, 0.1) is 0 Å². The third kappa shape index (κ3) is 3.49. The van der Waals surface area contributed by atoms with E-state index in [1.807, 2.05) is 0 Å². The topological polar surface area (TPSA) is 50.4 Å². The summed E-state index contributed by atoms with van der Waals surface area (Å²) in [5.41, 5.74) is 0.454. The maximum atomic E-state index is 11.6. The Morgan fingerprint density at radius 1 is 1.47 bits per heavy atom. The number of anilines is 1. The second-order valence-corrected chi connectivity index (χ2v) is 4.61. The molecule has 0 saturated carbocycles. The molecule has 0 bridgehead atoms. The second kappa shape index (κ2) is 5.58. The van der Waals surface area contributed by atoms with Crippen molar-refractivity contribution in [3.63, 3.8) is 0 Å². The van der Waals surface area contributed by atoms with Crippen molar-refractivity contribution in [3.8, 4) is 0 Å². The van der Waals surface area contributed by atoms with E-state index in [4.69, 9.17) is 27.9 Å². The van der Waals surface area contributed by atoms with Crippen molar-refractivity contribution in [2.45, 2.75) is 12.5 Å². The number of ether oxygens (including phenoxy) is 1. The molecule has 1 aromatic carbocycles. The fraction of sp³-hybridized carbons (Fsp3) is 0.364. The number of benzene rings is 1. The first-order valence-corrected chi connectivity index (χ1v) is 6.04. The van der Waals surface area contributed by atoms with Crippen LogP contribution in [0.3, 0.4) is 0 Å². The van der Waals surface area contributed by atoms with E-state index in [1.165, 1.54) is 0 Å². The van der Waals surface area contributed by atoms with Crippen LogP contribution in [0.2, 0.25) is 10.0 Å². The quantitative estimate of drug-likeness (QED) is 0.872. The highest BCUT2D eigenvalue weighted by Crippen LogP contribution is 2.25. The van der Waals surface area contributed by atoms with Gasteiger partial charge >= 0.3 is 6.09 Å². The first-order chi connectivity index (χ1) is 8.15. The van der Waals surface area contributed by atoms with Crippen molar-refractivity contribution in [2.75, 3.05) is 18.4 Å². The third-order valence-electron chi connectivity index (χ3n) is 2.45. The molecule has 0 radical (unpaired) electrons. The van der Waals surface area contributed by atoms with E-state index in [9.17, 15) is 4.79 Å². The number of hydrogen-bond donors (Lipinski definition) is 2. The molecule has 2 rings (SSSR count). The summed E-state index contributed by atoms with van der Waals surface area (Å²) in [4.78, 5) is 11.6. The fourth-order valence-corrected chi connectivity index (χ4v) is 1.95. The lowest BCUT2D eigenvalue weighted by atomic mass is 10.3. The monoisotopic (exact) mass is 274 g/mol. The average Bonchev–Trinajstić information content (AvgIpc) is 2.76. The minimum Gasteiger partial charge on any atom is -0.445 e. The first kappa shape index (κ1) is 12.5. The number of rotatable bonds is 2. The Kier molecular flexibility index (Phi) is 4.10. The van der Waals surface area contributed by atoms with Crippen LogP contribution in [-0.2, 0) is 4.74 Å². The van der Waals surface area contributed by atoms with Crippen molar-refractivity contribution in [2.24, 2.45) is 0 Å². The zero-order valence-corrected chi connectivity index (χ0v) is 10.5. The minimum absolute atomic E-state index is 0.0760. The van der Waals surface area contributed by atoms with Crippen LogP contribution in [0.15, 0.2) is 18.2 Å². The van der Waals surface area contributed by atoms with Gasteiger partial charge in [0.15, 0.2) is 0 Å². The van der Waals surface area contributed by atoms with Gasteiger partial charge in [0.05, 0.1) is 10.7 Å². The smallest absolute Gasteiger partial charge is 0.411 e. The fourth-order valence-electron chi connectivity index (χ4n) is 1.61. The lowest BCUT2D eigenvalue weighted by molar-refractivity contribution is 0.121.